The van der Waals surface area contributed by atoms with E-state index in [-0.39, 0.29) is 18.5 Å². The molecule has 1 fully saturated rings. The Morgan fingerprint density at radius 1 is 1.18 bits per heavy atom. The minimum atomic E-state index is -3.63. The van der Waals surface area contributed by atoms with Crippen molar-refractivity contribution in [3.63, 3.8) is 0 Å². The Kier molecular flexibility index (Phi) is 6.74. The van der Waals surface area contributed by atoms with E-state index in [0.717, 1.165) is 27.1 Å². The summed E-state index contributed by atoms with van der Waals surface area (Å²) in [5.41, 5.74) is 4.05. The summed E-state index contributed by atoms with van der Waals surface area (Å²) in [7, 11) is -3.63. The van der Waals surface area contributed by atoms with Crippen LogP contribution in [0.1, 0.15) is 40.8 Å². The van der Waals surface area contributed by atoms with Gasteiger partial charge in [0, 0.05) is 13.1 Å². The first-order valence-corrected chi connectivity index (χ1v) is 13.2. The van der Waals surface area contributed by atoms with Crippen LogP contribution < -0.4 is 0 Å². The van der Waals surface area contributed by atoms with Gasteiger partial charge < -0.3 is 9.15 Å². The third kappa shape index (κ3) is 4.76. The molecule has 0 saturated carbocycles. The van der Waals surface area contributed by atoms with Crippen LogP contribution in [0.3, 0.4) is 0 Å². The number of nitrogens with zero attached hydrogens (tertiary/aromatic N) is 2. The first kappa shape index (κ1) is 23.7. The van der Waals surface area contributed by atoms with Gasteiger partial charge in [0.25, 0.3) is 0 Å². The van der Waals surface area contributed by atoms with Gasteiger partial charge >= 0.3 is 5.97 Å². The van der Waals surface area contributed by atoms with Crippen molar-refractivity contribution in [2.24, 2.45) is 5.92 Å². The maximum absolute atomic E-state index is 13.4. The molecule has 33 heavy (non-hydrogen) atoms. The number of ether oxygens (including phenoxy) is 1. The SMILES string of the molecule is Cc1cc(C)c(C)c(S(=O)(=O)N2CCC(C(=O)OCc3coc(-c4cccs4)n3)CC2)c1C. The molecule has 1 aliphatic rings. The van der Waals surface area contributed by atoms with Gasteiger partial charge in [-0.25, -0.2) is 13.4 Å². The van der Waals surface area contributed by atoms with E-state index < -0.39 is 10.0 Å². The van der Waals surface area contributed by atoms with Crippen LogP contribution >= 0.6 is 11.3 Å². The number of rotatable bonds is 6. The van der Waals surface area contributed by atoms with Crippen molar-refractivity contribution >= 4 is 27.3 Å². The van der Waals surface area contributed by atoms with Gasteiger partial charge in [0.05, 0.1) is 15.7 Å². The van der Waals surface area contributed by atoms with Gasteiger partial charge in [-0.3, -0.25) is 4.79 Å². The van der Waals surface area contributed by atoms with Crippen LogP contribution in [0.5, 0.6) is 0 Å². The number of aromatic nitrogens is 1. The molecule has 1 aliphatic heterocycles. The zero-order valence-electron chi connectivity index (χ0n) is 19.3. The molecule has 4 rings (SSSR count). The van der Waals surface area contributed by atoms with Crippen molar-refractivity contribution in [1.82, 2.24) is 9.29 Å². The second-order valence-corrected chi connectivity index (χ2v) is 11.3. The Bertz CT molecular complexity index is 1230. The molecule has 0 atom stereocenters. The summed E-state index contributed by atoms with van der Waals surface area (Å²) in [6.07, 6.45) is 2.35. The third-order valence-corrected chi connectivity index (χ3v) is 9.36. The lowest BCUT2D eigenvalue weighted by Crippen LogP contribution is -2.41. The van der Waals surface area contributed by atoms with Crippen molar-refractivity contribution in [3.05, 3.63) is 57.8 Å². The molecule has 3 aromatic rings. The fourth-order valence-electron chi connectivity index (χ4n) is 4.18. The van der Waals surface area contributed by atoms with Crippen molar-refractivity contribution in [3.8, 4) is 10.8 Å². The zero-order valence-corrected chi connectivity index (χ0v) is 20.9. The van der Waals surface area contributed by atoms with E-state index in [4.69, 9.17) is 9.15 Å². The maximum Gasteiger partial charge on any atom is 0.309 e. The Balaban J connectivity index is 1.36. The molecule has 2 aromatic heterocycles. The van der Waals surface area contributed by atoms with Crippen LogP contribution in [0.4, 0.5) is 0 Å². The lowest BCUT2D eigenvalue weighted by Gasteiger charge is -2.31. The molecule has 176 valence electrons. The fourth-order valence-corrected chi connectivity index (χ4v) is 6.88. The summed E-state index contributed by atoms with van der Waals surface area (Å²) in [5.74, 6) is -0.153. The topological polar surface area (TPSA) is 89.7 Å². The highest BCUT2D eigenvalue weighted by atomic mass is 32.2. The summed E-state index contributed by atoms with van der Waals surface area (Å²) in [4.78, 5) is 18.3. The predicted molar refractivity (Wildman–Crippen MR) is 126 cm³/mol. The smallest absolute Gasteiger partial charge is 0.309 e. The van der Waals surface area contributed by atoms with Gasteiger partial charge in [-0.05, 0) is 74.2 Å². The van der Waals surface area contributed by atoms with Crippen molar-refractivity contribution < 1.29 is 22.4 Å². The minimum absolute atomic E-state index is 0.0349. The average molecular weight is 489 g/mol. The number of esters is 1. The molecule has 0 unspecified atom stereocenters. The molecule has 9 heteroatoms. The molecular formula is C24H28N2O5S2. The molecule has 1 aromatic carbocycles. The third-order valence-electron chi connectivity index (χ3n) is 6.33. The molecule has 1 saturated heterocycles. The molecule has 0 bridgehead atoms. The van der Waals surface area contributed by atoms with Crippen LogP contribution in [0, 0.1) is 33.6 Å². The normalized spacial score (nSPS) is 15.6. The van der Waals surface area contributed by atoms with E-state index in [1.54, 1.807) is 0 Å². The first-order chi connectivity index (χ1) is 15.7. The second kappa shape index (κ2) is 9.40. The van der Waals surface area contributed by atoms with Crippen LogP contribution in [0.2, 0.25) is 0 Å². The molecule has 0 aliphatic carbocycles. The van der Waals surface area contributed by atoms with Crippen LogP contribution in [0.15, 0.2) is 39.2 Å². The highest BCUT2D eigenvalue weighted by molar-refractivity contribution is 7.89. The number of hydrogen-bond acceptors (Lipinski definition) is 7. The van der Waals surface area contributed by atoms with Crippen LogP contribution in [-0.2, 0) is 26.2 Å². The van der Waals surface area contributed by atoms with E-state index in [9.17, 15) is 13.2 Å². The molecular weight excluding hydrogens is 460 g/mol. The summed E-state index contributed by atoms with van der Waals surface area (Å²) in [6.45, 7) is 8.19. The lowest BCUT2D eigenvalue weighted by atomic mass is 9.98. The fraction of sp³-hybridized carbons (Fsp3) is 0.417. The van der Waals surface area contributed by atoms with Crippen molar-refractivity contribution in [2.45, 2.75) is 52.0 Å². The van der Waals surface area contributed by atoms with Gasteiger partial charge in [-0.2, -0.15) is 4.31 Å². The van der Waals surface area contributed by atoms with Crippen LogP contribution in [0.25, 0.3) is 10.8 Å². The Morgan fingerprint density at radius 2 is 1.85 bits per heavy atom. The van der Waals surface area contributed by atoms with Gasteiger partial charge in [0.2, 0.25) is 15.9 Å². The summed E-state index contributed by atoms with van der Waals surface area (Å²) in [5, 5.41) is 1.94. The number of carbonyl (C=O) groups is 1. The van der Waals surface area contributed by atoms with E-state index >= 15 is 0 Å². The Hall–Kier alpha value is -2.49. The summed E-state index contributed by atoms with van der Waals surface area (Å²) in [6, 6.07) is 5.85. The number of thiophene rings is 1. The molecule has 0 N–H and O–H groups in total. The van der Waals surface area contributed by atoms with E-state index in [0.29, 0.717) is 42.4 Å². The highest BCUT2D eigenvalue weighted by Crippen LogP contribution is 2.31. The highest BCUT2D eigenvalue weighted by Gasteiger charge is 2.35. The van der Waals surface area contributed by atoms with Gasteiger partial charge in [0.1, 0.15) is 18.6 Å². The molecule has 3 heterocycles. The van der Waals surface area contributed by atoms with Gasteiger partial charge in [0.15, 0.2) is 0 Å². The Labute approximate surface area is 198 Å². The average Bonchev–Trinajstić information content (AvgIpc) is 3.48. The summed E-state index contributed by atoms with van der Waals surface area (Å²) < 4.78 is 39.2. The predicted octanol–water partition coefficient (Wildman–Crippen LogP) is 4.78. The number of oxazole rings is 1. The number of benzene rings is 1. The lowest BCUT2D eigenvalue weighted by molar-refractivity contribution is -0.151. The first-order valence-electron chi connectivity index (χ1n) is 10.9. The van der Waals surface area contributed by atoms with Crippen molar-refractivity contribution in [2.75, 3.05) is 13.1 Å². The molecule has 0 radical (unpaired) electrons. The van der Waals surface area contributed by atoms with E-state index in [1.165, 1.54) is 21.9 Å². The quantitative estimate of drug-likeness (QED) is 0.464. The standard InChI is InChI=1S/C24H28N2O5S2/c1-15-12-16(2)18(4)22(17(15)3)33(28,29)26-9-7-19(8-10-26)24(27)31-14-20-13-30-23(25-20)21-6-5-11-32-21/h5-6,11-13,19H,7-10,14H2,1-4H3. The van der Waals surface area contributed by atoms with E-state index in [1.807, 2.05) is 51.3 Å². The molecule has 0 amide bonds. The van der Waals surface area contributed by atoms with Crippen molar-refractivity contribution in [1.29, 1.82) is 0 Å². The number of aryl methyl sites for hydroxylation is 2. The maximum atomic E-state index is 13.4. The number of carbonyl (C=O) groups excluding carboxylic acids is 1. The minimum Gasteiger partial charge on any atom is -0.459 e. The largest absolute Gasteiger partial charge is 0.459 e. The molecule has 0 spiro atoms. The van der Waals surface area contributed by atoms with E-state index in [2.05, 4.69) is 4.98 Å². The zero-order chi connectivity index (χ0) is 23.8. The Morgan fingerprint density at radius 3 is 2.45 bits per heavy atom. The monoisotopic (exact) mass is 488 g/mol. The van der Waals surface area contributed by atoms with Crippen LogP contribution in [-0.4, -0.2) is 36.8 Å². The number of hydrogen-bond donors (Lipinski definition) is 0. The number of sulfonamides is 1. The molecule has 7 nitrogen and oxygen atoms in total. The number of piperidine rings is 1. The summed E-state index contributed by atoms with van der Waals surface area (Å²) >= 11 is 1.52. The van der Waals surface area contributed by atoms with Gasteiger partial charge in [-0.15, -0.1) is 11.3 Å². The second-order valence-electron chi connectivity index (χ2n) is 8.50. The van der Waals surface area contributed by atoms with Gasteiger partial charge in [-0.1, -0.05) is 12.1 Å².